The molecule has 7 heteroatoms. The summed E-state index contributed by atoms with van der Waals surface area (Å²) in [4.78, 5) is 10.2. The molecule has 94 valence electrons. The van der Waals surface area contributed by atoms with Crippen molar-refractivity contribution >= 4 is 7.82 Å². The van der Waals surface area contributed by atoms with E-state index in [-0.39, 0.29) is 6.61 Å². The molecule has 1 unspecified atom stereocenters. The zero-order valence-electron chi connectivity index (χ0n) is 10.1. The number of nitrogens with zero attached hydrogens (tertiary/aromatic N) is 2. The quantitative estimate of drug-likeness (QED) is 0.575. The second-order valence-corrected chi connectivity index (χ2v) is 4.47. The van der Waals surface area contributed by atoms with Crippen molar-refractivity contribution in [3.8, 4) is 0 Å². The Labute approximate surface area is 96.0 Å². The maximum Gasteiger partial charge on any atom is 0.267 e. The molecule has 1 rings (SSSR count). The first-order valence-corrected chi connectivity index (χ1v) is 6.43. The third kappa shape index (κ3) is 6.74. The number of phosphoric acid groups is 1. The van der Waals surface area contributed by atoms with Crippen LogP contribution < -0.4 is 9.46 Å². The fourth-order valence-corrected chi connectivity index (χ4v) is 1.32. The van der Waals surface area contributed by atoms with Gasteiger partial charge >= 0.3 is 0 Å². The van der Waals surface area contributed by atoms with E-state index in [1.54, 1.807) is 6.92 Å². The van der Waals surface area contributed by atoms with Crippen molar-refractivity contribution < 1.29 is 23.1 Å². The van der Waals surface area contributed by atoms with Gasteiger partial charge in [0.2, 0.25) is 6.33 Å². The first kappa shape index (κ1) is 15.3. The third-order valence-corrected chi connectivity index (χ3v) is 2.72. The Balaban J connectivity index is 0.000000281. The van der Waals surface area contributed by atoms with Crippen LogP contribution in [0.4, 0.5) is 0 Å². The molecule has 0 aliphatic rings. The van der Waals surface area contributed by atoms with Crippen molar-refractivity contribution in [3.05, 3.63) is 18.7 Å². The SMILES string of the molecule is CCOP(=O)([O-])OC.CCn1cc[n+](C)c1. The van der Waals surface area contributed by atoms with Gasteiger partial charge in [0.05, 0.1) is 20.2 Å². The van der Waals surface area contributed by atoms with E-state index in [1.165, 1.54) is 0 Å². The molecule has 0 aliphatic heterocycles. The monoisotopic (exact) mass is 250 g/mol. The van der Waals surface area contributed by atoms with Gasteiger partial charge in [-0.25, -0.2) is 9.13 Å². The van der Waals surface area contributed by atoms with Crippen molar-refractivity contribution in [1.82, 2.24) is 4.57 Å². The molecule has 0 amide bonds. The molecule has 0 radical (unpaired) electrons. The molecule has 6 nitrogen and oxygen atoms in total. The Morgan fingerprint density at radius 2 is 2.12 bits per heavy atom. The summed E-state index contributed by atoms with van der Waals surface area (Å²) in [5, 5.41) is 0. The van der Waals surface area contributed by atoms with Gasteiger partial charge in [-0.2, -0.15) is 0 Å². The number of imidazole rings is 1. The lowest BCUT2D eigenvalue weighted by Crippen LogP contribution is -2.23. The highest BCUT2D eigenvalue weighted by atomic mass is 31.2. The van der Waals surface area contributed by atoms with Crippen LogP contribution in [0.2, 0.25) is 0 Å². The number of aryl methyl sites for hydroxylation is 2. The summed E-state index contributed by atoms with van der Waals surface area (Å²) in [6, 6.07) is 0. The van der Waals surface area contributed by atoms with E-state index in [9.17, 15) is 9.46 Å². The summed E-state index contributed by atoms with van der Waals surface area (Å²) in [5.41, 5.74) is 0. The largest absolute Gasteiger partial charge is 0.756 e. The highest BCUT2D eigenvalue weighted by molar-refractivity contribution is 7.45. The van der Waals surface area contributed by atoms with E-state index in [0.717, 1.165) is 13.7 Å². The van der Waals surface area contributed by atoms with Crippen molar-refractivity contribution in [3.63, 3.8) is 0 Å². The molecule has 1 heterocycles. The van der Waals surface area contributed by atoms with Crippen LogP contribution >= 0.6 is 7.82 Å². The minimum Gasteiger partial charge on any atom is -0.756 e. The smallest absolute Gasteiger partial charge is 0.267 e. The van der Waals surface area contributed by atoms with Crippen molar-refractivity contribution in [1.29, 1.82) is 0 Å². The standard InChI is InChI=1S/C6H11N2.C3H9O4P/c1-3-8-5-4-7(2)6-8;1-3-7-8(4,5)6-2/h4-6H,3H2,1-2H3;3H2,1-2H3,(H,4,5)/q+1;/p-1. The fourth-order valence-electron chi connectivity index (χ4n) is 0.900. The molecule has 0 saturated carbocycles. The Morgan fingerprint density at radius 1 is 1.50 bits per heavy atom. The predicted octanol–water partition coefficient (Wildman–Crippen LogP) is 0.470. The highest BCUT2D eigenvalue weighted by Gasteiger charge is 2.01. The molecule has 0 saturated heterocycles. The van der Waals surface area contributed by atoms with Crippen LogP contribution in [0.1, 0.15) is 13.8 Å². The van der Waals surface area contributed by atoms with Crippen LogP contribution in [-0.4, -0.2) is 18.3 Å². The van der Waals surface area contributed by atoms with E-state index >= 15 is 0 Å². The Hall–Kier alpha value is -0.680. The van der Waals surface area contributed by atoms with Gasteiger partial charge < -0.3 is 13.9 Å². The lowest BCUT2D eigenvalue weighted by atomic mass is 10.7. The number of aromatic nitrogens is 2. The van der Waals surface area contributed by atoms with Gasteiger partial charge in [-0.05, 0) is 13.8 Å². The molecule has 0 aliphatic carbocycles. The number of phosphoric ester groups is 1. The molecule has 0 spiro atoms. The Morgan fingerprint density at radius 3 is 2.31 bits per heavy atom. The normalized spacial score (nSPS) is 13.8. The summed E-state index contributed by atoms with van der Waals surface area (Å²) < 4.78 is 22.5. The molecule has 0 fully saturated rings. The molecule has 1 atom stereocenters. The first-order valence-electron chi connectivity index (χ1n) is 4.97. The molecule has 0 N–H and O–H groups in total. The topological polar surface area (TPSA) is 67.4 Å². The predicted molar refractivity (Wildman–Crippen MR) is 57.5 cm³/mol. The molecular formula is C9H19N2O4P. The van der Waals surface area contributed by atoms with Crippen molar-refractivity contribution in [2.24, 2.45) is 7.05 Å². The molecule has 1 aromatic rings. The van der Waals surface area contributed by atoms with Crippen LogP contribution in [0.25, 0.3) is 0 Å². The summed E-state index contributed by atoms with van der Waals surface area (Å²) in [6.45, 7) is 4.87. The molecule has 1 aromatic heterocycles. The lowest BCUT2D eigenvalue weighted by Gasteiger charge is -2.18. The summed E-state index contributed by atoms with van der Waals surface area (Å²) >= 11 is 0. The van der Waals surface area contributed by atoms with Gasteiger partial charge in [0, 0.05) is 7.11 Å². The second-order valence-electron chi connectivity index (χ2n) is 2.96. The van der Waals surface area contributed by atoms with Crippen LogP contribution in [0.5, 0.6) is 0 Å². The second kappa shape index (κ2) is 7.57. The van der Waals surface area contributed by atoms with E-state index in [2.05, 4.69) is 33.1 Å². The van der Waals surface area contributed by atoms with Crippen LogP contribution in [-0.2, 0) is 27.2 Å². The van der Waals surface area contributed by atoms with E-state index in [0.29, 0.717) is 0 Å². The zero-order chi connectivity index (χ0) is 12.6. The van der Waals surface area contributed by atoms with Crippen LogP contribution in [0, 0.1) is 0 Å². The van der Waals surface area contributed by atoms with Gasteiger partial charge in [0.1, 0.15) is 12.4 Å². The van der Waals surface area contributed by atoms with Crippen molar-refractivity contribution in [2.75, 3.05) is 13.7 Å². The molecule has 16 heavy (non-hydrogen) atoms. The van der Waals surface area contributed by atoms with Gasteiger partial charge in [0.25, 0.3) is 7.82 Å². The summed E-state index contributed by atoms with van der Waals surface area (Å²) in [7, 11) is -0.844. The van der Waals surface area contributed by atoms with Gasteiger partial charge in [-0.15, -0.1) is 0 Å². The number of hydrogen-bond donors (Lipinski definition) is 0. The minimum absolute atomic E-state index is 0.120. The van der Waals surface area contributed by atoms with Crippen LogP contribution in [0.15, 0.2) is 18.7 Å². The summed E-state index contributed by atoms with van der Waals surface area (Å²) in [5.74, 6) is 0. The van der Waals surface area contributed by atoms with E-state index in [4.69, 9.17) is 0 Å². The Bertz CT molecular complexity index is 340. The molecule has 0 aromatic carbocycles. The third-order valence-electron chi connectivity index (χ3n) is 1.70. The summed E-state index contributed by atoms with van der Waals surface area (Å²) in [6.07, 6.45) is 6.14. The van der Waals surface area contributed by atoms with E-state index < -0.39 is 7.82 Å². The maximum absolute atomic E-state index is 10.2. The minimum atomic E-state index is -3.92. The highest BCUT2D eigenvalue weighted by Crippen LogP contribution is 2.36. The average molecular weight is 250 g/mol. The number of rotatable bonds is 4. The molecule has 0 bridgehead atoms. The van der Waals surface area contributed by atoms with Crippen LogP contribution in [0.3, 0.4) is 0 Å². The van der Waals surface area contributed by atoms with Crippen molar-refractivity contribution in [2.45, 2.75) is 20.4 Å². The zero-order valence-corrected chi connectivity index (χ0v) is 11.0. The van der Waals surface area contributed by atoms with Gasteiger partial charge in [-0.3, -0.25) is 4.57 Å². The first-order chi connectivity index (χ1) is 7.45. The van der Waals surface area contributed by atoms with Gasteiger partial charge in [-0.1, -0.05) is 0 Å². The molecular weight excluding hydrogens is 231 g/mol. The lowest BCUT2D eigenvalue weighted by molar-refractivity contribution is -0.671. The Kier molecular flexibility index (Phi) is 7.25. The number of hydrogen-bond acceptors (Lipinski definition) is 4. The van der Waals surface area contributed by atoms with E-state index in [1.807, 2.05) is 17.8 Å². The average Bonchev–Trinajstić information content (AvgIpc) is 2.65. The fraction of sp³-hybridized carbons (Fsp3) is 0.667. The maximum atomic E-state index is 10.2. The van der Waals surface area contributed by atoms with Gasteiger partial charge in [0.15, 0.2) is 0 Å².